The molecule has 6 unspecified atom stereocenters. The zero-order valence-electron chi connectivity index (χ0n) is 19.6. The van der Waals surface area contributed by atoms with E-state index < -0.39 is 0 Å². The van der Waals surface area contributed by atoms with Crippen molar-refractivity contribution in [1.82, 2.24) is 4.98 Å². The van der Waals surface area contributed by atoms with Gasteiger partial charge in [-0.25, -0.2) is 0 Å². The summed E-state index contributed by atoms with van der Waals surface area (Å²) >= 11 is 0. The van der Waals surface area contributed by atoms with Gasteiger partial charge in [-0.15, -0.1) is 0 Å². The van der Waals surface area contributed by atoms with Crippen molar-refractivity contribution in [3.05, 3.63) is 65.5 Å². The molecule has 3 aliphatic carbocycles. The number of benzene rings is 1. The summed E-state index contributed by atoms with van der Waals surface area (Å²) in [5.41, 5.74) is 4.98. The first-order valence-electron chi connectivity index (χ1n) is 13.0. The van der Waals surface area contributed by atoms with Crippen molar-refractivity contribution >= 4 is 10.8 Å². The predicted octanol–water partition coefficient (Wildman–Crippen LogP) is 7.50. The minimum absolute atomic E-state index is 0.0285. The van der Waals surface area contributed by atoms with Crippen molar-refractivity contribution < 1.29 is 4.74 Å². The molecular formula is C30H35NO. The van der Waals surface area contributed by atoms with Crippen LogP contribution in [0.1, 0.15) is 83.1 Å². The molecule has 2 aliphatic heterocycles. The third kappa shape index (κ3) is 2.43. The van der Waals surface area contributed by atoms with Crippen molar-refractivity contribution in [2.24, 2.45) is 17.3 Å². The maximum atomic E-state index is 7.40. The lowest BCUT2D eigenvalue weighted by Gasteiger charge is -2.54. The van der Waals surface area contributed by atoms with Gasteiger partial charge in [0.2, 0.25) is 0 Å². The highest BCUT2D eigenvalue weighted by molar-refractivity contribution is 5.82. The molecule has 7 rings (SSSR count). The van der Waals surface area contributed by atoms with Crippen LogP contribution in [-0.4, -0.2) is 16.2 Å². The molecule has 2 aromatic rings. The Hall–Kier alpha value is -1.93. The van der Waals surface area contributed by atoms with E-state index in [2.05, 4.69) is 55.2 Å². The summed E-state index contributed by atoms with van der Waals surface area (Å²) in [5.74, 6) is 2.07. The van der Waals surface area contributed by atoms with E-state index in [4.69, 9.17) is 4.74 Å². The lowest BCUT2D eigenvalue weighted by Crippen LogP contribution is -2.53. The molecule has 5 aliphatic rings. The van der Waals surface area contributed by atoms with Crippen LogP contribution >= 0.6 is 0 Å². The van der Waals surface area contributed by atoms with E-state index in [1.165, 1.54) is 74.1 Å². The summed E-state index contributed by atoms with van der Waals surface area (Å²) in [7, 11) is 0. The van der Waals surface area contributed by atoms with Crippen LogP contribution in [0.15, 0.2) is 60.0 Å². The standard InChI is InChI=1S/C30H35NO/c1-3-20-4-7-24-17-25-10-12-28(2)26(22-6-5-21-11-15-31-19-23(21)16-22)8-9-27(28)30(25)14-13-29(24,18-20)32-30/h5-6,10-11,15-17,19-20,26-27H,3-4,7-9,12-14,18H2,1-2H3. The molecule has 2 spiro atoms. The molecule has 32 heavy (non-hydrogen) atoms. The number of rotatable bonds is 2. The normalized spacial score (nSPS) is 42.1. The topological polar surface area (TPSA) is 22.1 Å². The number of hydrogen-bond acceptors (Lipinski definition) is 2. The molecule has 0 N–H and O–H groups in total. The highest BCUT2D eigenvalue weighted by Crippen LogP contribution is 2.69. The summed E-state index contributed by atoms with van der Waals surface area (Å²) in [5, 5.41) is 2.57. The molecule has 3 fully saturated rings. The third-order valence-corrected chi connectivity index (χ3v) is 10.4. The van der Waals surface area contributed by atoms with Gasteiger partial charge in [-0.3, -0.25) is 4.98 Å². The Balaban J connectivity index is 1.29. The minimum Gasteiger partial charge on any atom is -0.359 e. The van der Waals surface area contributed by atoms with Gasteiger partial charge in [-0.05, 0) is 109 Å². The zero-order chi connectivity index (χ0) is 21.6. The lowest BCUT2D eigenvalue weighted by atomic mass is 9.58. The van der Waals surface area contributed by atoms with Crippen molar-refractivity contribution in [3.8, 4) is 0 Å². The van der Waals surface area contributed by atoms with Crippen LogP contribution in [-0.2, 0) is 4.74 Å². The molecule has 0 radical (unpaired) electrons. The number of nitrogens with zero attached hydrogens (tertiary/aromatic N) is 1. The highest BCUT2D eigenvalue weighted by Gasteiger charge is 2.66. The quantitative estimate of drug-likeness (QED) is 0.497. The summed E-state index contributed by atoms with van der Waals surface area (Å²) in [6, 6.07) is 9.23. The van der Waals surface area contributed by atoms with E-state index in [9.17, 15) is 0 Å². The molecule has 2 saturated carbocycles. The van der Waals surface area contributed by atoms with Crippen LogP contribution in [0.5, 0.6) is 0 Å². The van der Waals surface area contributed by atoms with E-state index in [1.54, 1.807) is 11.1 Å². The van der Waals surface area contributed by atoms with Gasteiger partial charge in [0.25, 0.3) is 0 Å². The Bertz CT molecular complexity index is 1160. The number of hydrogen-bond donors (Lipinski definition) is 0. The van der Waals surface area contributed by atoms with Crippen LogP contribution in [0.3, 0.4) is 0 Å². The summed E-state index contributed by atoms with van der Waals surface area (Å²) in [6.07, 6.45) is 20.5. The molecule has 0 amide bonds. The second-order valence-electron chi connectivity index (χ2n) is 11.7. The molecule has 3 heterocycles. The molecule has 2 bridgehead atoms. The van der Waals surface area contributed by atoms with E-state index in [0.717, 1.165) is 5.92 Å². The van der Waals surface area contributed by atoms with Crippen molar-refractivity contribution in [3.63, 3.8) is 0 Å². The van der Waals surface area contributed by atoms with Crippen LogP contribution in [0, 0.1) is 17.3 Å². The van der Waals surface area contributed by atoms with E-state index in [1.807, 2.05) is 12.4 Å². The maximum Gasteiger partial charge on any atom is 0.0974 e. The van der Waals surface area contributed by atoms with Crippen molar-refractivity contribution in [2.45, 2.75) is 88.8 Å². The van der Waals surface area contributed by atoms with Gasteiger partial charge in [-0.2, -0.15) is 0 Å². The Labute approximate surface area is 192 Å². The second kappa shape index (κ2) is 6.56. The molecule has 166 valence electrons. The summed E-state index contributed by atoms with van der Waals surface area (Å²) in [4.78, 5) is 4.38. The van der Waals surface area contributed by atoms with E-state index >= 15 is 0 Å². The minimum atomic E-state index is -0.0285. The van der Waals surface area contributed by atoms with Gasteiger partial charge in [0.05, 0.1) is 11.2 Å². The number of ether oxygens (including phenoxy) is 1. The first kappa shape index (κ1) is 19.5. The SMILES string of the molecule is CCC1CCC2=CC3=CCC4(C)C(c5ccc6ccncc6c5)CCC4C34CCC2(C1)O4. The average Bonchev–Trinajstić information content (AvgIpc) is 3.33. The van der Waals surface area contributed by atoms with Gasteiger partial charge in [-0.1, -0.05) is 44.6 Å². The zero-order valence-corrected chi connectivity index (χ0v) is 19.6. The molecule has 1 aromatic heterocycles. The van der Waals surface area contributed by atoms with E-state index in [0.29, 0.717) is 11.8 Å². The molecular weight excluding hydrogens is 390 g/mol. The fourth-order valence-electron chi connectivity index (χ4n) is 8.72. The van der Waals surface area contributed by atoms with Crippen LogP contribution in [0.25, 0.3) is 10.8 Å². The molecule has 6 atom stereocenters. The van der Waals surface area contributed by atoms with Gasteiger partial charge < -0.3 is 4.74 Å². The monoisotopic (exact) mass is 425 g/mol. The third-order valence-electron chi connectivity index (χ3n) is 10.4. The van der Waals surface area contributed by atoms with E-state index in [-0.39, 0.29) is 16.6 Å². The molecule has 2 heteroatoms. The predicted molar refractivity (Wildman–Crippen MR) is 130 cm³/mol. The highest BCUT2D eigenvalue weighted by atomic mass is 16.5. The Morgan fingerprint density at radius 3 is 2.94 bits per heavy atom. The fraction of sp³-hybridized carbons (Fsp3) is 0.567. The van der Waals surface area contributed by atoms with Crippen LogP contribution in [0.4, 0.5) is 0 Å². The van der Waals surface area contributed by atoms with Gasteiger partial charge in [0.1, 0.15) is 0 Å². The largest absolute Gasteiger partial charge is 0.359 e. The van der Waals surface area contributed by atoms with Crippen molar-refractivity contribution in [1.29, 1.82) is 0 Å². The number of pyridine rings is 1. The van der Waals surface area contributed by atoms with Crippen LogP contribution < -0.4 is 0 Å². The maximum absolute atomic E-state index is 7.40. The van der Waals surface area contributed by atoms with Gasteiger partial charge in [0.15, 0.2) is 0 Å². The summed E-state index contributed by atoms with van der Waals surface area (Å²) in [6.45, 7) is 4.95. The lowest BCUT2D eigenvalue weighted by molar-refractivity contribution is -0.139. The van der Waals surface area contributed by atoms with Crippen molar-refractivity contribution in [2.75, 3.05) is 0 Å². The molecule has 2 nitrogen and oxygen atoms in total. The first-order chi connectivity index (χ1) is 15.6. The number of fused-ring (bicyclic) bond motifs is 2. The molecule has 1 saturated heterocycles. The van der Waals surface area contributed by atoms with Gasteiger partial charge >= 0.3 is 0 Å². The Kier molecular flexibility index (Phi) is 4.01. The summed E-state index contributed by atoms with van der Waals surface area (Å²) < 4.78 is 7.40. The number of aromatic nitrogens is 1. The Morgan fingerprint density at radius 2 is 2.03 bits per heavy atom. The van der Waals surface area contributed by atoms with Crippen LogP contribution in [0.2, 0.25) is 0 Å². The second-order valence-corrected chi connectivity index (χ2v) is 11.7. The molecule has 1 aromatic carbocycles. The van der Waals surface area contributed by atoms with Gasteiger partial charge in [0, 0.05) is 17.8 Å². The number of allylic oxidation sites excluding steroid dienone is 1. The smallest absolute Gasteiger partial charge is 0.0974 e. The first-order valence-corrected chi connectivity index (χ1v) is 13.0. The average molecular weight is 426 g/mol. The Morgan fingerprint density at radius 1 is 1.09 bits per heavy atom. The fourth-order valence-corrected chi connectivity index (χ4v) is 8.72.